The number of alkyl halides is 3. The van der Waals surface area contributed by atoms with E-state index in [1.807, 2.05) is 6.07 Å². The van der Waals surface area contributed by atoms with Gasteiger partial charge in [-0.1, -0.05) is 6.07 Å². The van der Waals surface area contributed by atoms with Crippen LogP contribution in [0.15, 0.2) is 47.6 Å². The molecular weight excluding hydrogens is 387 g/mol. The first kappa shape index (κ1) is 18.7. The second-order valence-corrected chi connectivity index (χ2v) is 7.56. The third-order valence-corrected chi connectivity index (χ3v) is 5.64. The van der Waals surface area contributed by atoms with E-state index in [9.17, 15) is 18.4 Å². The van der Waals surface area contributed by atoms with Crippen LogP contribution < -0.4 is 10.0 Å². The Hall–Kier alpha value is -2.70. The second kappa shape index (κ2) is 7.37. The van der Waals surface area contributed by atoms with Crippen LogP contribution in [0.3, 0.4) is 0 Å². The smallest absolute Gasteiger partial charge is 0.380 e. The molecule has 9 heteroatoms. The predicted octanol–water partition coefficient (Wildman–Crippen LogP) is 4.69. The van der Waals surface area contributed by atoms with Crippen LogP contribution in [0, 0.1) is 11.3 Å². The van der Waals surface area contributed by atoms with Crippen molar-refractivity contribution in [2.75, 3.05) is 5.32 Å². The number of nitrogens with zero attached hydrogens (tertiary/aromatic N) is 2. The fourth-order valence-corrected chi connectivity index (χ4v) is 4.00. The third-order valence-electron chi connectivity index (χ3n) is 4.70. The first-order chi connectivity index (χ1) is 13.4. The topological polar surface area (TPSA) is 76.5 Å². The van der Waals surface area contributed by atoms with Crippen LogP contribution in [0.2, 0.25) is 0 Å². The summed E-state index contributed by atoms with van der Waals surface area (Å²) in [7, 11) is 0. The van der Waals surface area contributed by atoms with Gasteiger partial charge in [-0.3, -0.25) is 4.72 Å². The molecule has 0 atom stereocenters. The molecule has 3 aromatic rings. The van der Waals surface area contributed by atoms with E-state index in [0.29, 0.717) is 10.5 Å². The number of rotatable bonds is 5. The van der Waals surface area contributed by atoms with Gasteiger partial charge in [0, 0.05) is 34.8 Å². The van der Waals surface area contributed by atoms with Crippen LogP contribution in [-0.2, 0) is 6.18 Å². The quantitative estimate of drug-likeness (QED) is 0.539. The summed E-state index contributed by atoms with van der Waals surface area (Å²) in [5.74, 6) is 0. The zero-order valence-corrected chi connectivity index (χ0v) is 15.4. The van der Waals surface area contributed by atoms with Crippen molar-refractivity contribution in [3.8, 4) is 6.07 Å². The molecule has 0 saturated heterocycles. The summed E-state index contributed by atoms with van der Waals surface area (Å²) in [6.07, 6.45) is 0.602. The summed E-state index contributed by atoms with van der Waals surface area (Å²) in [6.45, 7) is 0. The summed E-state index contributed by atoms with van der Waals surface area (Å²) >= 11 is 1.21. The number of hydrogen-bond donors (Lipinski definition) is 3. The van der Waals surface area contributed by atoms with Gasteiger partial charge in [0.15, 0.2) is 0 Å². The highest BCUT2D eigenvalue weighted by molar-refractivity contribution is 7.97. The molecule has 0 amide bonds. The largest absolute Gasteiger partial charge is 0.416 e. The molecular formula is C19H16F3N5S. The minimum Gasteiger partial charge on any atom is -0.380 e. The van der Waals surface area contributed by atoms with Gasteiger partial charge in [-0.15, -0.1) is 0 Å². The summed E-state index contributed by atoms with van der Waals surface area (Å²) in [4.78, 5) is 7.77. The van der Waals surface area contributed by atoms with Gasteiger partial charge in [0.1, 0.15) is 11.7 Å². The maximum atomic E-state index is 12.8. The molecule has 4 rings (SSSR count). The number of aromatic amines is 1. The maximum absolute atomic E-state index is 12.8. The Labute approximate surface area is 163 Å². The Morgan fingerprint density at radius 2 is 2.04 bits per heavy atom. The molecule has 2 aromatic heterocycles. The number of fused-ring (bicyclic) bond motifs is 1. The van der Waals surface area contributed by atoms with Crippen molar-refractivity contribution in [1.29, 1.82) is 5.26 Å². The lowest BCUT2D eigenvalue weighted by Crippen LogP contribution is -2.45. The summed E-state index contributed by atoms with van der Waals surface area (Å²) in [5.41, 5.74) is 1.32. The van der Waals surface area contributed by atoms with E-state index < -0.39 is 11.7 Å². The van der Waals surface area contributed by atoms with Gasteiger partial charge >= 0.3 is 6.18 Å². The number of halogens is 3. The highest BCUT2D eigenvalue weighted by Gasteiger charge is 2.32. The number of benzene rings is 1. The van der Waals surface area contributed by atoms with E-state index in [2.05, 4.69) is 26.1 Å². The van der Waals surface area contributed by atoms with Crippen LogP contribution in [0.1, 0.15) is 24.0 Å². The van der Waals surface area contributed by atoms with Gasteiger partial charge in [-0.25, -0.2) is 4.98 Å². The lowest BCUT2D eigenvalue weighted by molar-refractivity contribution is -0.137. The molecule has 1 aliphatic rings. The zero-order valence-electron chi connectivity index (χ0n) is 14.5. The van der Waals surface area contributed by atoms with Gasteiger partial charge < -0.3 is 10.3 Å². The van der Waals surface area contributed by atoms with Crippen molar-refractivity contribution in [3.63, 3.8) is 0 Å². The molecule has 0 radical (unpaired) electrons. The minimum atomic E-state index is -4.34. The lowest BCUT2D eigenvalue weighted by Gasteiger charge is -2.37. The van der Waals surface area contributed by atoms with E-state index in [4.69, 9.17) is 0 Å². The molecule has 1 saturated carbocycles. The van der Waals surface area contributed by atoms with Crippen molar-refractivity contribution in [3.05, 3.63) is 53.9 Å². The Bertz CT molecular complexity index is 1030. The maximum Gasteiger partial charge on any atom is 0.416 e. The van der Waals surface area contributed by atoms with Gasteiger partial charge in [0.05, 0.1) is 16.8 Å². The Morgan fingerprint density at radius 1 is 1.21 bits per heavy atom. The highest BCUT2D eigenvalue weighted by Crippen LogP contribution is 2.34. The molecule has 3 N–H and O–H groups in total. The van der Waals surface area contributed by atoms with E-state index in [1.165, 1.54) is 18.0 Å². The van der Waals surface area contributed by atoms with Gasteiger partial charge in [0.25, 0.3) is 0 Å². The fraction of sp³-hybridized carbons (Fsp3) is 0.263. The molecule has 28 heavy (non-hydrogen) atoms. The number of hydrogen-bond acceptors (Lipinski definition) is 5. The average Bonchev–Trinajstić information content (AvgIpc) is 3.12. The Morgan fingerprint density at radius 3 is 2.79 bits per heavy atom. The van der Waals surface area contributed by atoms with Gasteiger partial charge in [-0.05, 0) is 49.1 Å². The minimum absolute atomic E-state index is 0.186. The summed E-state index contributed by atoms with van der Waals surface area (Å²) < 4.78 is 41.6. The lowest BCUT2D eigenvalue weighted by atomic mass is 9.87. The molecule has 1 aromatic carbocycles. The number of H-pyrrole nitrogens is 1. The zero-order chi connectivity index (χ0) is 19.7. The van der Waals surface area contributed by atoms with Crippen LogP contribution in [0.25, 0.3) is 11.0 Å². The molecule has 5 nitrogen and oxygen atoms in total. The fourth-order valence-electron chi connectivity index (χ4n) is 3.17. The second-order valence-electron chi connectivity index (χ2n) is 6.65. The van der Waals surface area contributed by atoms with Crippen molar-refractivity contribution in [1.82, 2.24) is 14.7 Å². The molecule has 0 bridgehead atoms. The van der Waals surface area contributed by atoms with E-state index in [-0.39, 0.29) is 12.1 Å². The van der Waals surface area contributed by atoms with Crippen molar-refractivity contribution < 1.29 is 13.2 Å². The first-order valence-corrected chi connectivity index (χ1v) is 9.48. The van der Waals surface area contributed by atoms with Crippen LogP contribution >= 0.6 is 11.9 Å². The summed E-state index contributed by atoms with van der Waals surface area (Å²) in [5, 5.41) is 13.6. The van der Waals surface area contributed by atoms with Crippen molar-refractivity contribution in [2.24, 2.45) is 0 Å². The van der Waals surface area contributed by atoms with Gasteiger partial charge in [-0.2, -0.15) is 18.4 Å². The number of pyridine rings is 1. The van der Waals surface area contributed by atoms with E-state index >= 15 is 0 Å². The normalized spacial score (nSPS) is 19.2. The molecule has 0 unspecified atom stereocenters. The molecule has 1 fully saturated rings. The number of nitrogens with one attached hydrogen (secondary N) is 3. The third kappa shape index (κ3) is 3.79. The average molecular weight is 403 g/mol. The molecule has 0 aliphatic heterocycles. The van der Waals surface area contributed by atoms with Crippen LogP contribution in [0.5, 0.6) is 0 Å². The first-order valence-electron chi connectivity index (χ1n) is 8.66. The summed E-state index contributed by atoms with van der Waals surface area (Å²) in [6, 6.07) is 9.68. The van der Waals surface area contributed by atoms with Crippen molar-refractivity contribution >= 4 is 28.7 Å². The van der Waals surface area contributed by atoms with E-state index in [1.54, 1.807) is 18.5 Å². The number of aromatic nitrogens is 2. The Kier molecular flexibility index (Phi) is 4.91. The molecule has 2 heterocycles. The standard InChI is InChI=1S/C19H16F3N5S/c20-19(21,22)12-2-1-3-15(6-12)28-27-14-7-13(8-14)26-17-11(9-23)10-25-18-16(17)4-5-24-18/h1-6,10,13-14,27H,7-8H2,(H2,24,25,26). The molecule has 1 aliphatic carbocycles. The van der Waals surface area contributed by atoms with Gasteiger partial charge in [0.2, 0.25) is 0 Å². The highest BCUT2D eigenvalue weighted by atomic mass is 32.2. The van der Waals surface area contributed by atoms with E-state index in [0.717, 1.165) is 41.7 Å². The number of nitriles is 1. The van der Waals surface area contributed by atoms with Crippen molar-refractivity contribution in [2.45, 2.75) is 36.0 Å². The Balaban J connectivity index is 1.34. The van der Waals surface area contributed by atoms with Crippen LogP contribution in [0.4, 0.5) is 18.9 Å². The molecule has 0 spiro atoms. The predicted molar refractivity (Wildman–Crippen MR) is 102 cm³/mol. The molecule has 144 valence electrons. The van der Waals surface area contributed by atoms with Crippen LogP contribution in [-0.4, -0.2) is 22.1 Å². The monoisotopic (exact) mass is 403 g/mol. The number of anilines is 1. The SMILES string of the molecule is N#Cc1cnc2[nH]ccc2c1NC1CC(NSc2cccc(C(F)(F)F)c2)C1.